The fraction of sp³-hybridized carbons (Fsp3) is 0.444. The van der Waals surface area contributed by atoms with Crippen LogP contribution in [0.5, 0.6) is 0 Å². The number of carbonyl (C=O) groups is 3. The number of fused-ring (bicyclic) bond motifs is 3. The zero-order valence-corrected chi connectivity index (χ0v) is 20.0. The van der Waals surface area contributed by atoms with E-state index in [2.05, 4.69) is 34.9 Å². The molecular formula is C27H32N2O6. The molecule has 0 radical (unpaired) electrons. The van der Waals surface area contributed by atoms with Gasteiger partial charge in [-0.05, 0) is 34.6 Å². The molecule has 2 amide bonds. The number of aliphatic carboxylic acids is 1. The van der Waals surface area contributed by atoms with Crippen LogP contribution in [-0.2, 0) is 19.1 Å². The monoisotopic (exact) mass is 480 g/mol. The molecule has 35 heavy (non-hydrogen) atoms. The number of hydrogen-bond donors (Lipinski definition) is 3. The smallest absolute Gasteiger partial charge is 0.407 e. The van der Waals surface area contributed by atoms with Crippen molar-refractivity contribution < 1.29 is 29.0 Å². The van der Waals surface area contributed by atoms with Crippen molar-refractivity contribution in [3.63, 3.8) is 0 Å². The first-order valence-electron chi connectivity index (χ1n) is 12.1. The molecule has 0 aromatic heterocycles. The summed E-state index contributed by atoms with van der Waals surface area (Å²) in [5.74, 6) is -1.54. The molecule has 0 bridgehead atoms. The number of carboxylic acids is 1. The predicted molar refractivity (Wildman–Crippen MR) is 130 cm³/mol. The van der Waals surface area contributed by atoms with E-state index in [1.54, 1.807) is 0 Å². The fourth-order valence-electron chi connectivity index (χ4n) is 4.82. The molecule has 1 heterocycles. The van der Waals surface area contributed by atoms with Gasteiger partial charge in [-0.3, -0.25) is 9.59 Å². The molecule has 0 saturated carbocycles. The van der Waals surface area contributed by atoms with Crippen molar-refractivity contribution in [1.82, 2.24) is 10.6 Å². The Morgan fingerprint density at radius 1 is 1.06 bits per heavy atom. The lowest BCUT2D eigenvalue weighted by Gasteiger charge is -2.22. The molecule has 2 unspecified atom stereocenters. The second-order valence-electron chi connectivity index (χ2n) is 9.55. The second kappa shape index (κ2) is 10.9. The summed E-state index contributed by atoms with van der Waals surface area (Å²) in [6.07, 6.45) is -0.496. The number of carbonyl (C=O) groups excluding carboxylic acids is 2. The van der Waals surface area contributed by atoms with Crippen molar-refractivity contribution in [2.75, 3.05) is 19.8 Å². The van der Waals surface area contributed by atoms with E-state index in [0.29, 0.717) is 6.42 Å². The fourth-order valence-corrected chi connectivity index (χ4v) is 4.82. The van der Waals surface area contributed by atoms with E-state index in [-0.39, 0.29) is 55.9 Å². The Hall–Kier alpha value is -3.39. The van der Waals surface area contributed by atoms with Crippen LogP contribution < -0.4 is 10.6 Å². The Morgan fingerprint density at radius 2 is 1.69 bits per heavy atom. The Kier molecular flexibility index (Phi) is 7.70. The number of nitrogens with one attached hydrogen (secondary N) is 2. The SMILES string of the molecule is CC(C)[C@H](CC(=O)O)NC(=O)C1COC(CNC(=O)OCC2c3ccccc3-c3ccccc32)C1. The van der Waals surface area contributed by atoms with Gasteiger partial charge in [0.25, 0.3) is 0 Å². The van der Waals surface area contributed by atoms with Crippen LogP contribution in [-0.4, -0.2) is 55.0 Å². The van der Waals surface area contributed by atoms with Crippen LogP contribution in [0.2, 0.25) is 0 Å². The molecule has 1 aliphatic heterocycles. The van der Waals surface area contributed by atoms with Crippen molar-refractivity contribution in [2.24, 2.45) is 11.8 Å². The zero-order valence-electron chi connectivity index (χ0n) is 20.0. The van der Waals surface area contributed by atoms with Crippen molar-refractivity contribution in [2.45, 2.75) is 44.8 Å². The summed E-state index contributed by atoms with van der Waals surface area (Å²) in [5.41, 5.74) is 4.64. The van der Waals surface area contributed by atoms with E-state index < -0.39 is 18.1 Å². The third-order valence-electron chi connectivity index (χ3n) is 6.80. The normalized spacial score (nSPS) is 19.6. The van der Waals surface area contributed by atoms with Crippen LogP contribution in [0.1, 0.15) is 43.7 Å². The maximum Gasteiger partial charge on any atom is 0.407 e. The van der Waals surface area contributed by atoms with Crippen molar-refractivity contribution in [3.05, 3.63) is 59.7 Å². The first-order valence-corrected chi connectivity index (χ1v) is 12.1. The van der Waals surface area contributed by atoms with Crippen LogP contribution in [0.4, 0.5) is 4.79 Å². The summed E-state index contributed by atoms with van der Waals surface area (Å²) >= 11 is 0. The van der Waals surface area contributed by atoms with Gasteiger partial charge >= 0.3 is 12.1 Å². The van der Waals surface area contributed by atoms with Crippen molar-refractivity contribution in [3.8, 4) is 11.1 Å². The van der Waals surface area contributed by atoms with E-state index >= 15 is 0 Å². The minimum atomic E-state index is -0.947. The number of benzene rings is 2. The summed E-state index contributed by atoms with van der Waals surface area (Å²) < 4.78 is 11.2. The average molecular weight is 481 g/mol. The lowest BCUT2D eigenvalue weighted by atomic mass is 9.98. The van der Waals surface area contributed by atoms with Crippen LogP contribution >= 0.6 is 0 Å². The molecule has 2 aromatic rings. The quantitative estimate of drug-likeness (QED) is 0.506. The number of alkyl carbamates (subject to hydrolysis) is 1. The number of rotatable bonds is 9. The minimum Gasteiger partial charge on any atom is -0.481 e. The first kappa shape index (κ1) is 24.7. The molecule has 186 valence electrons. The topological polar surface area (TPSA) is 114 Å². The van der Waals surface area contributed by atoms with Gasteiger partial charge in [0.05, 0.1) is 25.0 Å². The van der Waals surface area contributed by atoms with E-state index in [1.165, 1.54) is 11.1 Å². The van der Waals surface area contributed by atoms with Gasteiger partial charge in [0.1, 0.15) is 6.61 Å². The lowest BCUT2D eigenvalue weighted by Crippen LogP contribution is -2.43. The standard InChI is InChI=1S/C27H32N2O6/c1-16(2)24(12-25(30)31)29-26(32)17-11-18(34-14-17)13-28-27(33)35-15-23-21-9-5-3-7-19(21)20-8-4-6-10-22(20)23/h3-10,16-18,23-24H,11-15H2,1-2H3,(H,28,33)(H,29,32)(H,30,31)/t17?,18?,24-/m0/s1. The minimum absolute atomic E-state index is 0.00315. The van der Waals surface area contributed by atoms with Gasteiger partial charge in [-0.15, -0.1) is 0 Å². The number of carboxylic acid groups (broad SMARTS) is 1. The molecule has 4 rings (SSSR count). The molecule has 2 aliphatic rings. The van der Waals surface area contributed by atoms with Gasteiger partial charge in [-0.1, -0.05) is 62.4 Å². The van der Waals surface area contributed by atoms with Crippen molar-refractivity contribution in [1.29, 1.82) is 0 Å². The number of hydrogen-bond acceptors (Lipinski definition) is 5. The van der Waals surface area contributed by atoms with Gasteiger partial charge in [0, 0.05) is 18.5 Å². The highest BCUT2D eigenvalue weighted by Gasteiger charge is 2.33. The van der Waals surface area contributed by atoms with Crippen LogP contribution in [0.15, 0.2) is 48.5 Å². The summed E-state index contributed by atoms with van der Waals surface area (Å²) in [6.45, 7) is 4.46. The molecule has 3 atom stereocenters. The van der Waals surface area contributed by atoms with Crippen LogP contribution in [0.3, 0.4) is 0 Å². The number of ether oxygens (including phenoxy) is 2. The lowest BCUT2D eigenvalue weighted by molar-refractivity contribution is -0.138. The molecule has 3 N–H and O–H groups in total. The summed E-state index contributed by atoms with van der Waals surface area (Å²) in [5, 5.41) is 14.6. The van der Waals surface area contributed by atoms with E-state index in [4.69, 9.17) is 14.6 Å². The Balaban J connectivity index is 1.24. The van der Waals surface area contributed by atoms with E-state index in [0.717, 1.165) is 11.1 Å². The summed E-state index contributed by atoms with van der Waals surface area (Å²) in [6, 6.07) is 15.9. The largest absolute Gasteiger partial charge is 0.481 e. The highest BCUT2D eigenvalue weighted by molar-refractivity contribution is 5.80. The molecule has 1 aliphatic carbocycles. The van der Waals surface area contributed by atoms with E-state index in [1.807, 2.05) is 38.1 Å². The zero-order chi connectivity index (χ0) is 24.9. The molecule has 8 nitrogen and oxygen atoms in total. The van der Waals surface area contributed by atoms with Crippen LogP contribution in [0.25, 0.3) is 11.1 Å². The average Bonchev–Trinajstić information content (AvgIpc) is 3.44. The highest BCUT2D eigenvalue weighted by atomic mass is 16.5. The van der Waals surface area contributed by atoms with Gasteiger partial charge in [-0.2, -0.15) is 0 Å². The predicted octanol–water partition coefficient (Wildman–Crippen LogP) is 3.55. The van der Waals surface area contributed by atoms with Crippen molar-refractivity contribution >= 4 is 18.0 Å². The molecule has 8 heteroatoms. The highest BCUT2D eigenvalue weighted by Crippen LogP contribution is 2.44. The third-order valence-corrected chi connectivity index (χ3v) is 6.80. The van der Waals surface area contributed by atoms with Gasteiger partial charge in [-0.25, -0.2) is 4.79 Å². The Bertz CT molecular complexity index is 1040. The molecule has 1 fully saturated rings. The van der Waals surface area contributed by atoms with Crippen LogP contribution in [0, 0.1) is 11.8 Å². The number of amides is 2. The Labute approximate surface area is 205 Å². The van der Waals surface area contributed by atoms with Gasteiger partial charge < -0.3 is 25.2 Å². The van der Waals surface area contributed by atoms with Gasteiger partial charge in [0.2, 0.25) is 5.91 Å². The molecule has 1 saturated heterocycles. The maximum absolute atomic E-state index is 12.6. The van der Waals surface area contributed by atoms with Gasteiger partial charge in [0.15, 0.2) is 0 Å². The molecule has 2 aromatic carbocycles. The maximum atomic E-state index is 12.6. The third kappa shape index (κ3) is 5.82. The summed E-state index contributed by atoms with van der Waals surface area (Å²) in [7, 11) is 0. The molecule has 0 spiro atoms. The molecular weight excluding hydrogens is 448 g/mol. The second-order valence-corrected chi connectivity index (χ2v) is 9.55. The Morgan fingerprint density at radius 3 is 2.29 bits per heavy atom. The summed E-state index contributed by atoms with van der Waals surface area (Å²) in [4.78, 5) is 36.0. The van der Waals surface area contributed by atoms with E-state index in [9.17, 15) is 14.4 Å². The first-order chi connectivity index (χ1) is 16.8.